The zero-order chi connectivity index (χ0) is 21.1. The molecule has 0 N–H and O–H groups in total. The van der Waals surface area contributed by atoms with Crippen LogP contribution in [0.25, 0.3) is 5.57 Å². The van der Waals surface area contributed by atoms with Crippen molar-refractivity contribution in [2.75, 3.05) is 19.7 Å². The molecule has 2 heterocycles. The maximum atomic E-state index is 13.1. The summed E-state index contributed by atoms with van der Waals surface area (Å²) in [7, 11) is 0. The number of likely N-dealkylation sites (tertiary alicyclic amines) is 1. The molecular weight excluding hydrogens is 400 g/mol. The second kappa shape index (κ2) is 9.02. The first kappa shape index (κ1) is 20.6. The number of carbonyl (C=O) groups is 2. The predicted octanol–water partition coefficient (Wildman–Crippen LogP) is 4.07. The number of amides is 2. The van der Waals surface area contributed by atoms with Gasteiger partial charge in [0, 0.05) is 25.7 Å². The van der Waals surface area contributed by atoms with Gasteiger partial charge < -0.3 is 4.74 Å². The van der Waals surface area contributed by atoms with Gasteiger partial charge in [0.25, 0.3) is 11.8 Å². The first-order valence-corrected chi connectivity index (χ1v) is 10.7. The first-order valence-electron chi connectivity index (χ1n) is 10.4. The number of rotatable bonds is 6. The third kappa shape index (κ3) is 4.13. The van der Waals surface area contributed by atoms with E-state index in [1.165, 1.54) is 10.5 Å². The Morgan fingerprint density at radius 1 is 0.967 bits per heavy atom. The third-order valence-corrected chi connectivity index (χ3v) is 6.03. The summed E-state index contributed by atoms with van der Waals surface area (Å²) in [5.41, 5.74) is 2.20. The summed E-state index contributed by atoms with van der Waals surface area (Å²) in [5, 5.41) is 0.0101. The Morgan fingerprint density at radius 2 is 1.63 bits per heavy atom. The lowest BCUT2D eigenvalue weighted by Gasteiger charge is -2.35. The predicted molar refractivity (Wildman–Crippen MR) is 117 cm³/mol. The highest BCUT2D eigenvalue weighted by molar-refractivity contribution is 6.55. The molecule has 0 aromatic heterocycles. The van der Waals surface area contributed by atoms with Crippen molar-refractivity contribution in [3.63, 3.8) is 0 Å². The molecule has 2 aromatic rings. The van der Waals surface area contributed by atoms with E-state index in [1.54, 1.807) is 24.3 Å². The summed E-state index contributed by atoms with van der Waals surface area (Å²) in [6.07, 6.45) is 1.51. The Kier molecular flexibility index (Phi) is 6.21. The van der Waals surface area contributed by atoms with Gasteiger partial charge in [0.05, 0.1) is 12.2 Å². The van der Waals surface area contributed by atoms with E-state index in [0.29, 0.717) is 12.2 Å². The molecule has 0 aliphatic carbocycles. The number of halogens is 1. The molecule has 30 heavy (non-hydrogen) atoms. The lowest BCUT2D eigenvalue weighted by atomic mass is 10.0. The van der Waals surface area contributed by atoms with Gasteiger partial charge in [-0.3, -0.25) is 19.4 Å². The van der Waals surface area contributed by atoms with Crippen molar-refractivity contribution < 1.29 is 14.3 Å². The summed E-state index contributed by atoms with van der Waals surface area (Å²) < 4.78 is 5.45. The van der Waals surface area contributed by atoms with E-state index < -0.39 is 0 Å². The second-order valence-corrected chi connectivity index (χ2v) is 8.00. The zero-order valence-corrected chi connectivity index (χ0v) is 17.8. The van der Waals surface area contributed by atoms with Crippen molar-refractivity contribution in [2.24, 2.45) is 0 Å². The van der Waals surface area contributed by atoms with Crippen molar-refractivity contribution in [2.45, 2.75) is 32.4 Å². The summed E-state index contributed by atoms with van der Waals surface area (Å²) in [5.74, 6) is 0.0418. The van der Waals surface area contributed by atoms with Crippen LogP contribution in [-0.2, 0) is 16.1 Å². The number of benzene rings is 2. The van der Waals surface area contributed by atoms with Crippen LogP contribution in [0.3, 0.4) is 0 Å². The topological polar surface area (TPSA) is 49.9 Å². The average Bonchev–Trinajstić information content (AvgIpc) is 2.99. The Morgan fingerprint density at radius 3 is 2.27 bits per heavy atom. The molecule has 0 unspecified atom stereocenters. The van der Waals surface area contributed by atoms with Crippen molar-refractivity contribution >= 4 is 29.0 Å². The van der Waals surface area contributed by atoms with E-state index in [9.17, 15) is 9.59 Å². The largest absolute Gasteiger partial charge is 0.494 e. The fourth-order valence-corrected chi connectivity index (χ4v) is 4.44. The smallest absolute Gasteiger partial charge is 0.273 e. The molecule has 0 spiro atoms. The van der Waals surface area contributed by atoms with Crippen LogP contribution in [0.2, 0.25) is 0 Å². The number of hydrogen-bond donors (Lipinski definition) is 0. The van der Waals surface area contributed by atoms with Crippen LogP contribution in [0.5, 0.6) is 5.75 Å². The monoisotopic (exact) mass is 424 g/mol. The number of piperidine rings is 1. The van der Waals surface area contributed by atoms with E-state index in [-0.39, 0.29) is 28.5 Å². The van der Waals surface area contributed by atoms with E-state index in [1.807, 2.05) is 25.1 Å². The van der Waals surface area contributed by atoms with Crippen molar-refractivity contribution in [3.05, 3.63) is 70.8 Å². The van der Waals surface area contributed by atoms with E-state index in [4.69, 9.17) is 16.3 Å². The molecule has 156 valence electrons. The summed E-state index contributed by atoms with van der Waals surface area (Å²) in [6.45, 7) is 5.04. The van der Waals surface area contributed by atoms with Gasteiger partial charge in [-0.15, -0.1) is 0 Å². The van der Waals surface area contributed by atoms with Gasteiger partial charge in [0.1, 0.15) is 10.8 Å². The van der Waals surface area contributed by atoms with E-state index in [0.717, 1.165) is 38.2 Å². The SMILES string of the molecule is CCOc1ccc(C2=C(Cl)C(=O)N(C3CCN(Cc4ccccc4)CC3)C2=O)cc1. The molecule has 0 atom stereocenters. The molecule has 6 heteroatoms. The van der Waals surface area contributed by atoms with Crippen molar-refractivity contribution in [1.82, 2.24) is 9.80 Å². The first-order chi connectivity index (χ1) is 14.6. The quantitative estimate of drug-likeness (QED) is 0.656. The van der Waals surface area contributed by atoms with Crippen LogP contribution >= 0.6 is 11.6 Å². The maximum Gasteiger partial charge on any atom is 0.273 e. The lowest BCUT2D eigenvalue weighted by Crippen LogP contribution is -2.47. The van der Waals surface area contributed by atoms with Crippen LogP contribution in [0.15, 0.2) is 59.6 Å². The third-order valence-electron chi connectivity index (χ3n) is 5.68. The number of hydrogen-bond acceptors (Lipinski definition) is 4. The van der Waals surface area contributed by atoms with Crippen LogP contribution in [-0.4, -0.2) is 47.4 Å². The van der Waals surface area contributed by atoms with Crippen molar-refractivity contribution in [3.8, 4) is 5.75 Å². The Labute approximate surface area is 181 Å². The maximum absolute atomic E-state index is 13.1. The van der Waals surface area contributed by atoms with Crippen LogP contribution in [0.1, 0.15) is 30.9 Å². The number of ether oxygens (including phenoxy) is 1. The fourth-order valence-electron chi connectivity index (χ4n) is 4.16. The van der Waals surface area contributed by atoms with Crippen LogP contribution < -0.4 is 4.74 Å². The molecule has 2 aliphatic rings. The number of imide groups is 1. The lowest BCUT2D eigenvalue weighted by molar-refractivity contribution is -0.140. The van der Waals surface area contributed by atoms with E-state index >= 15 is 0 Å². The van der Waals surface area contributed by atoms with Crippen molar-refractivity contribution in [1.29, 1.82) is 0 Å². The number of nitrogens with zero attached hydrogens (tertiary/aromatic N) is 2. The van der Waals surface area contributed by atoms with Gasteiger partial charge in [-0.25, -0.2) is 0 Å². The molecular formula is C24H25ClN2O3. The van der Waals surface area contributed by atoms with Gasteiger partial charge in [-0.05, 0) is 43.0 Å². The molecule has 5 nitrogen and oxygen atoms in total. The van der Waals surface area contributed by atoms with Gasteiger partial charge in [-0.2, -0.15) is 0 Å². The standard InChI is InChI=1S/C24H25ClN2O3/c1-2-30-20-10-8-18(9-11-20)21-22(25)24(29)27(23(21)28)19-12-14-26(15-13-19)16-17-6-4-3-5-7-17/h3-11,19H,2,12-16H2,1H3. The van der Waals surface area contributed by atoms with Gasteiger partial charge in [0.2, 0.25) is 0 Å². The van der Waals surface area contributed by atoms with Gasteiger partial charge >= 0.3 is 0 Å². The number of carbonyl (C=O) groups excluding carboxylic acids is 2. The molecule has 0 bridgehead atoms. The molecule has 0 saturated carbocycles. The normalized spacial score (nSPS) is 18.4. The Hall–Kier alpha value is -2.63. The highest BCUT2D eigenvalue weighted by Crippen LogP contribution is 2.35. The zero-order valence-electron chi connectivity index (χ0n) is 17.0. The molecule has 0 radical (unpaired) electrons. The van der Waals surface area contributed by atoms with Crippen LogP contribution in [0.4, 0.5) is 0 Å². The minimum absolute atomic E-state index is 0.0101. The minimum Gasteiger partial charge on any atom is -0.494 e. The van der Waals surface area contributed by atoms with Crippen LogP contribution in [0, 0.1) is 0 Å². The van der Waals surface area contributed by atoms with Gasteiger partial charge in [0.15, 0.2) is 0 Å². The van der Waals surface area contributed by atoms with Gasteiger partial charge in [-0.1, -0.05) is 54.1 Å². The molecule has 2 aliphatic heterocycles. The fraction of sp³-hybridized carbons (Fsp3) is 0.333. The highest BCUT2D eigenvalue weighted by atomic mass is 35.5. The Balaban J connectivity index is 1.42. The summed E-state index contributed by atoms with van der Waals surface area (Å²) in [4.78, 5) is 29.7. The summed E-state index contributed by atoms with van der Waals surface area (Å²) >= 11 is 6.33. The minimum atomic E-state index is -0.382. The molecule has 2 amide bonds. The Bertz CT molecular complexity index is 948. The molecule has 4 rings (SSSR count). The second-order valence-electron chi connectivity index (χ2n) is 7.62. The molecule has 1 fully saturated rings. The van der Waals surface area contributed by atoms with E-state index in [2.05, 4.69) is 17.0 Å². The average molecular weight is 425 g/mol. The highest BCUT2D eigenvalue weighted by Gasteiger charge is 2.42. The molecule has 2 aromatic carbocycles. The molecule has 1 saturated heterocycles. The summed E-state index contributed by atoms with van der Waals surface area (Å²) in [6, 6.07) is 17.3.